The third-order valence-electron chi connectivity index (χ3n) is 3.94. The van der Waals surface area contributed by atoms with Gasteiger partial charge in [0, 0.05) is 25.9 Å². The lowest BCUT2D eigenvalue weighted by Gasteiger charge is -2.18. The van der Waals surface area contributed by atoms with Crippen LogP contribution in [0.1, 0.15) is 11.6 Å². The zero-order valence-electron chi connectivity index (χ0n) is 14.3. The van der Waals surface area contributed by atoms with Crippen molar-refractivity contribution in [1.82, 2.24) is 24.7 Å². The summed E-state index contributed by atoms with van der Waals surface area (Å²) in [7, 11) is 5.58. The van der Waals surface area contributed by atoms with E-state index < -0.39 is 0 Å². The number of methoxy groups -OCH3 is 1. The molecule has 7 nitrogen and oxygen atoms in total. The number of nitrogens with zero attached hydrogens (tertiary/aromatic N) is 6. The van der Waals surface area contributed by atoms with Crippen molar-refractivity contribution in [2.24, 2.45) is 7.05 Å². The fourth-order valence-corrected chi connectivity index (χ4v) is 2.32. The maximum atomic E-state index is 5.18. The molecule has 0 spiro atoms. The normalized spacial score (nSPS) is 10.7. The van der Waals surface area contributed by atoms with Gasteiger partial charge in [-0.05, 0) is 37.3 Å². The standard InChI is InChI=1S/C17H20N6O/c1-12-20-21-16(23(12)3)11-22(2)15-9-10-18-17(19-15)13-5-7-14(24-4)8-6-13/h5-10H,11H2,1-4H3. The molecule has 3 aromatic rings. The van der Waals surface area contributed by atoms with E-state index in [2.05, 4.69) is 20.2 Å². The van der Waals surface area contributed by atoms with Crippen LogP contribution in [0.4, 0.5) is 5.82 Å². The number of aromatic nitrogens is 5. The van der Waals surface area contributed by atoms with Gasteiger partial charge in [-0.1, -0.05) is 0 Å². The van der Waals surface area contributed by atoms with Crippen molar-refractivity contribution in [2.45, 2.75) is 13.5 Å². The van der Waals surface area contributed by atoms with E-state index in [-0.39, 0.29) is 0 Å². The van der Waals surface area contributed by atoms with Crippen LogP contribution in [0.2, 0.25) is 0 Å². The molecule has 0 saturated heterocycles. The molecule has 0 unspecified atom stereocenters. The quantitative estimate of drug-likeness (QED) is 0.717. The lowest BCUT2D eigenvalue weighted by atomic mass is 10.2. The van der Waals surface area contributed by atoms with Gasteiger partial charge in [0.1, 0.15) is 17.4 Å². The zero-order valence-corrected chi connectivity index (χ0v) is 14.3. The molecule has 3 rings (SSSR count). The summed E-state index contributed by atoms with van der Waals surface area (Å²) in [6, 6.07) is 9.58. The van der Waals surface area contributed by atoms with Crippen LogP contribution in [0.15, 0.2) is 36.5 Å². The Kier molecular flexibility index (Phi) is 4.41. The summed E-state index contributed by atoms with van der Waals surface area (Å²) in [5, 5.41) is 8.28. The van der Waals surface area contributed by atoms with Gasteiger partial charge < -0.3 is 14.2 Å². The summed E-state index contributed by atoms with van der Waals surface area (Å²) < 4.78 is 7.16. The SMILES string of the molecule is COc1ccc(-c2nccc(N(C)Cc3nnc(C)n3C)n2)cc1. The summed E-state index contributed by atoms with van der Waals surface area (Å²) in [5.41, 5.74) is 0.945. The lowest BCUT2D eigenvalue weighted by molar-refractivity contribution is 0.415. The van der Waals surface area contributed by atoms with Crippen molar-refractivity contribution in [3.05, 3.63) is 48.2 Å². The molecule has 7 heteroatoms. The topological polar surface area (TPSA) is 69.0 Å². The van der Waals surface area contributed by atoms with Gasteiger partial charge in [0.25, 0.3) is 0 Å². The molecule has 0 radical (unpaired) electrons. The van der Waals surface area contributed by atoms with E-state index >= 15 is 0 Å². The number of rotatable bonds is 5. The summed E-state index contributed by atoms with van der Waals surface area (Å²) in [5.74, 6) is 4.09. The highest BCUT2D eigenvalue weighted by Crippen LogP contribution is 2.21. The average molecular weight is 324 g/mol. The molecular weight excluding hydrogens is 304 g/mol. The highest BCUT2D eigenvalue weighted by molar-refractivity contribution is 5.58. The highest BCUT2D eigenvalue weighted by Gasteiger charge is 2.11. The van der Waals surface area contributed by atoms with E-state index in [9.17, 15) is 0 Å². The fourth-order valence-electron chi connectivity index (χ4n) is 2.32. The molecule has 0 amide bonds. The zero-order chi connectivity index (χ0) is 17.1. The molecule has 0 fully saturated rings. The van der Waals surface area contributed by atoms with Gasteiger partial charge in [0.2, 0.25) is 0 Å². The van der Waals surface area contributed by atoms with Crippen LogP contribution in [0, 0.1) is 6.92 Å². The molecule has 0 N–H and O–H groups in total. The molecule has 2 heterocycles. The van der Waals surface area contributed by atoms with Gasteiger partial charge in [0.05, 0.1) is 13.7 Å². The van der Waals surface area contributed by atoms with Crippen LogP contribution >= 0.6 is 0 Å². The van der Waals surface area contributed by atoms with Gasteiger partial charge in [-0.3, -0.25) is 0 Å². The molecule has 0 aliphatic rings. The lowest BCUT2D eigenvalue weighted by Crippen LogP contribution is -2.20. The minimum Gasteiger partial charge on any atom is -0.497 e. The van der Waals surface area contributed by atoms with Crippen LogP contribution in [-0.4, -0.2) is 38.9 Å². The second-order valence-corrected chi connectivity index (χ2v) is 5.55. The van der Waals surface area contributed by atoms with Crippen LogP contribution in [0.3, 0.4) is 0 Å². The Balaban J connectivity index is 1.82. The Bertz CT molecular complexity index is 827. The first-order chi connectivity index (χ1) is 11.6. The van der Waals surface area contributed by atoms with E-state index in [1.807, 2.05) is 60.8 Å². The predicted molar refractivity (Wildman–Crippen MR) is 91.9 cm³/mol. The molecule has 24 heavy (non-hydrogen) atoms. The minimum absolute atomic E-state index is 0.621. The van der Waals surface area contributed by atoms with Gasteiger partial charge in [0.15, 0.2) is 11.6 Å². The predicted octanol–water partition coefficient (Wildman–Crippen LogP) is 2.23. The first kappa shape index (κ1) is 15.9. The number of aryl methyl sites for hydroxylation is 1. The number of ether oxygens (including phenoxy) is 1. The number of benzene rings is 1. The Morgan fingerprint density at radius 1 is 1.12 bits per heavy atom. The third kappa shape index (κ3) is 3.19. The van der Waals surface area contributed by atoms with Crippen molar-refractivity contribution in [2.75, 3.05) is 19.1 Å². The molecule has 0 aliphatic heterocycles. The fraction of sp³-hybridized carbons (Fsp3) is 0.294. The van der Waals surface area contributed by atoms with E-state index in [1.165, 1.54) is 0 Å². The second kappa shape index (κ2) is 6.66. The molecular formula is C17H20N6O. The summed E-state index contributed by atoms with van der Waals surface area (Å²) >= 11 is 0. The molecule has 1 aromatic carbocycles. The summed E-state index contributed by atoms with van der Waals surface area (Å²) in [6.45, 7) is 2.55. The monoisotopic (exact) mass is 324 g/mol. The van der Waals surface area contributed by atoms with Gasteiger partial charge in [-0.15, -0.1) is 10.2 Å². The Labute approximate surface area is 141 Å². The molecule has 2 aromatic heterocycles. The number of hydrogen-bond acceptors (Lipinski definition) is 6. The Morgan fingerprint density at radius 3 is 2.50 bits per heavy atom. The van der Waals surface area contributed by atoms with Gasteiger partial charge in [-0.25, -0.2) is 9.97 Å². The second-order valence-electron chi connectivity index (χ2n) is 5.55. The largest absolute Gasteiger partial charge is 0.497 e. The molecule has 0 bridgehead atoms. The van der Waals surface area contributed by atoms with Crippen LogP contribution in [-0.2, 0) is 13.6 Å². The summed E-state index contributed by atoms with van der Waals surface area (Å²) in [4.78, 5) is 11.0. The van der Waals surface area contributed by atoms with Crippen molar-refractivity contribution >= 4 is 5.82 Å². The van der Waals surface area contributed by atoms with Gasteiger partial charge in [-0.2, -0.15) is 0 Å². The van der Waals surface area contributed by atoms with E-state index in [0.717, 1.165) is 28.8 Å². The third-order valence-corrected chi connectivity index (χ3v) is 3.94. The first-order valence-corrected chi connectivity index (χ1v) is 7.62. The van der Waals surface area contributed by atoms with Gasteiger partial charge >= 0.3 is 0 Å². The minimum atomic E-state index is 0.621. The average Bonchev–Trinajstić information content (AvgIpc) is 2.94. The summed E-state index contributed by atoms with van der Waals surface area (Å²) in [6.07, 6.45) is 1.76. The van der Waals surface area contributed by atoms with Crippen molar-refractivity contribution in [1.29, 1.82) is 0 Å². The Hall–Kier alpha value is -2.96. The first-order valence-electron chi connectivity index (χ1n) is 7.62. The van der Waals surface area contributed by atoms with Crippen molar-refractivity contribution in [3.8, 4) is 17.1 Å². The maximum absolute atomic E-state index is 5.18. The Morgan fingerprint density at radius 2 is 1.88 bits per heavy atom. The van der Waals surface area contributed by atoms with Crippen LogP contribution < -0.4 is 9.64 Å². The van der Waals surface area contributed by atoms with Crippen LogP contribution in [0.5, 0.6) is 5.75 Å². The number of anilines is 1. The maximum Gasteiger partial charge on any atom is 0.161 e. The van der Waals surface area contributed by atoms with E-state index in [0.29, 0.717) is 12.4 Å². The molecule has 0 aliphatic carbocycles. The van der Waals surface area contributed by atoms with Crippen molar-refractivity contribution < 1.29 is 4.74 Å². The van der Waals surface area contributed by atoms with Crippen molar-refractivity contribution in [3.63, 3.8) is 0 Å². The van der Waals surface area contributed by atoms with E-state index in [4.69, 9.17) is 4.74 Å². The molecule has 0 saturated carbocycles. The molecule has 124 valence electrons. The van der Waals surface area contributed by atoms with Crippen LogP contribution in [0.25, 0.3) is 11.4 Å². The highest BCUT2D eigenvalue weighted by atomic mass is 16.5. The smallest absolute Gasteiger partial charge is 0.161 e. The number of hydrogen-bond donors (Lipinski definition) is 0. The molecule has 0 atom stereocenters. The van der Waals surface area contributed by atoms with E-state index in [1.54, 1.807) is 13.3 Å².